The maximum Gasteiger partial charge on any atom is 0.256 e. The molecule has 18 heavy (non-hydrogen) atoms. The van der Waals surface area contributed by atoms with E-state index in [9.17, 15) is 4.79 Å². The summed E-state index contributed by atoms with van der Waals surface area (Å²) in [5, 5.41) is 0.707. The Morgan fingerprint density at radius 3 is 2.72 bits per heavy atom. The van der Waals surface area contributed by atoms with Gasteiger partial charge in [-0.3, -0.25) is 4.79 Å². The summed E-state index contributed by atoms with van der Waals surface area (Å²) in [6.07, 6.45) is 1.93. The summed E-state index contributed by atoms with van der Waals surface area (Å²) >= 11 is 11.7. The van der Waals surface area contributed by atoms with Crippen molar-refractivity contribution in [2.45, 2.75) is 13.3 Å². The average Bonchev–Trinajstić information content (AvgIpc) is 2.28. The first kappa shape index (κ1) is 12.9. The Kier molecular flexibility index (Phi) is 3.54. The van der Waals surface area contributed by atoms with Crippen LogP contribution >= 0.6 is 23.2 Å². The number of nitrogens with one attached hydrogen (secondary N) is 1. The molecular formula is C11H10Cl2N4O. The zero-order valence-electron chi connectivity index (χ0n) is 9.50. The fraction of sp³-hybridized carbons (Fsp3) is 0.182. The highest BCUT2D eigenvalue weighted by molar-refractivity contribution is 6.35. The molecular weight excluding hydrogens is 275 g/mol. The summed E-state index contributed by atoms with van der Waals surface area (Å²) in [6, 6.07) is 1.52. The maximum atomic E-state index is 11.8. The third-order valence-corrected chi connectivity index (χ3v) is 2.93. The van der Waals surface area contributed by atoms with E-state index in [1.54, 1.807) is 0 Å². The Morgan fingerprint density at radius 1 is 1.44 bits per heavy atom. The van der Waals surface area contributed by atoms with Gasteiger partial charge in [0.2, 0.25) is 0 Å². The Hall–Kier alpha value is -1.59. The molecule has 94 valence electrons. The number of anilines is 1. The standard InChI is InChI=1S/C11H10Cl2N4O/c1-2-6-9(14)16-10(17-11(6)18)8-7(13)3-5(12)4-15-8/h3-4H,2H2,1H3,(H3,14,16,17,18). The van der Waals surface area contributed by atoms with Crippen molar-refractivity contribution in [3.05, 3.63) is 38.2 Å². The van der Waals surface area contributed by atoms with Crippen LogP contribution in [0.4, 0.5) is 5.82 Å². The number of H-pyrrole nitrogens is 1. The fourth-order valence-corrected chi connectivity index (χ4v) is 2.03. The van der Waals surface area contributed by atoms with Gasteiger partial charge in [-0.25, -0.2) is 9.97 Å². The van der Waals surface area contributed by atoms with Gasteiger partial charge in [-0.1, -0.05) is 30.1 Å². The van der Waals surface area contributed by atoms with Crippen molar-refractivity contribution in [1.29, 1.82) is 0 Å². The average molecular weight is 285 g/mol. The Labute approximate surface area is 113 Å². The smallest absolute Gasteiger partial charge is 0.256 e. The van der Waals surface area contributed by atoms with Crippen molar-refractivity contribution in [3.63, 3.8) is 0 Å². The quantitative estimate of drug-likeness (QED) is 0.886. The van der Waals surface area contributed by atoms with Gasteiger partial charge in [0, 0.05) is 6.20 Å². The minimum Gasteiger partial charge on any atom is -0.383 e. The summed E-state index contributed by atoms with van der Waals surface area (Å²) in [7, 11) is 0. The molecule has 0 unspecified atom stereocenters. The molecule has 0 spiro atoms. The maximum absolute atomic E-state index is 11.8. The van der Waals surface area contributed by atoms with Crippen molar-refractivity contribution in [1.82, 2.24) is 15.0 Å². The third kappa shape index (κ3) is 2.32. The molecule has 0 saturated carbocycles. The van der Waals surface area contributed by atoms with E-state index >= 15 is 0 Å². The first-order valence-corrected chi connectivity index (χ1v) is 5.98. The minimum absolute atomic E-state index is 0.184. The van der Waals surface area contributed by atoms with Crippen LogP contribution in [0.25, 0.3) is 11.5 Å². The van der Waals surface area contributed by atoms with Gasteiger partial charge in [0.15, 0.2) is 5.82 Å². The monoisotopic (exact) mass is 284 g/mol. The minimum atomic E-state index is -0.284. The van der Waals surface area contributed by atoms with Crippen LogP contribution in [0.3, 0.4) is 0 Å². The van der Waals surface area contributed by atoms with E-state index < -0.39 is 0 Å². The Morgan fingerprint density at radius 2 is 2.17 bits per heavy atom. The number of aromatic nitrogens is 3. The second-order valence-electron chi connectivity index (χ2n) is 3.62. The lowest BCUT2D eigenvalue weighted by atomic mass is 10.2. The summed E-state index contributed by atoms with van der Waals surface area (Å²) < 4.78 is 0. The lowest BCUT2D eigenvalue weighted by Crippen LogP contribution is -2.18. The zero-order chi connectivity index (χ0) is 13.3. The number of rotatable bonds is 2. The second-order valence-corrected chi connectivity index (χ2v) is 4.46. The molecule has 0 aliphatic heterocycles. The molecule has 0 bridgehead atoms. The summed E-state index contributed by atoms with van der Waals surface area (Å²) in [6.45, 7) is 1.83. The summed E-state index contributed by atoms with van der Waals surface area (Å²) in [5.41, 5.74) is 6.23. The predicted molar refractivity (Wildman–Crippen MR) is 71.9 cm³/mol. The molecule has 0 fully saturated rings. The topological polar surface area (TPSA) is 84.7 Å². The van der Waals surface area contributed by atoms with Crippen LogP contribution in [0.15, 0.2) is 17.1 Å². The number of pyridine rings is 1. The zero-order valence-corrected chi connectivity index (χ0v) is 11.0. The van der Waals surface area contributed by atoms with Crippen LogP contribution in [0.1, 0.15) is 12.5 Å². The molecule has 3 N–H and O–H groups in total. The van der Waals surface area contributed by atoms with Gasteiger partial charge < -0.3 is 10.7 Å². The van der Waals surface area contributed by atoms with Crippen LogP contribution in [0.2, 0.25) is 10.0 Å². The van der Waals surface area contributed by atoms with E-state index in [1.165, 1.54) is 12.3 Å². The van der Waals surface area contributed by atoms with Crippen molar-refractivity contribution >= 4 is 29.0 Å². The first-order valence-electron chi connectivity index (χ1n) is 5.23. The van der Waals surface area contributed by atoms with Gasteiger partial charge in [0.05, 0.1) is 15.6 Å². The molecule has 0 aromatic carbocycles. The number of hydrogen-bond acceptors (Lipinski definition) is 4. The van der Waals surface area contributed by atoms with Crippen molar-refractivity contribution in [3.8, 4) is 11.5 Å². The first-order chi connectivity index (χ1) is 8.52. The van der Waals surface area contributed by atoms with E-state index in [2.05, 4.69) is 15.0 Å². The van der Waals surface area contributed by atoms with E-state index in [0.717, 1.165) is 0 Å². The summed E-state index contributed by atoms with van der Waals surface area (Å²) in [5.74, 6) is 0.417. The second kappa shape index (κ2) is 4.96. The van der Waals surface area contributed by atoms with E-state index in [0.29, 0.717) is 27.7 Å². The van der Waals surface area contributed by atoms with Crippen molar-refractivity contribution < 1.29 is 0 Å². The largest absolute Gasteiger partial charge is 0.383 e. The van der Waals surface area contributed by atoms with Gasteiger partial charge >= 0.3 is 0 Å². The number of hydrogen-bond donors (Lipinski definition) is 2. The molecule has 2 aromatic heterocycles. The molecule has 0 radical (unpaired) electrons. The lowest BCUT2D eigenvalue weighted by molar-refractivity contribution is 1.01. The fourth-order valence-electron chi connectivity index (χ4n) is 1.56. The highest BCUT2D eigenvalue weighted by Crippen LogP contribution is 2.25. The lowest BCUT2D eigenvalue weighted by Gasteiger charge is -2.06. The SMILES string of the molecule is CCc1c(N)nc(-c2ncc(Cl)cc2Cl)[nH]c1=O. The number of nitrogen functional groups attached to an aromatic ring is 1. The van der Waals surface area contributed by atoms with Gasteiger partial charge in [-0.2, -0.15) is 0 Å². The van der Waals surface area contributed by atoms with Crippen LogP contribution in [-0.4, -0.2) is 15.0 Å². The number of nitrogens with zero attached hydrogens (tertiary/aromatic N) is 2. The highest BCUT2D eigenvalue weighted by atomic mass is 35.5. The normalized spacial score (nSPS) is 10.6. The Bertz CT molecular complexity index is 654. The molecule has 2 heterocycles. The van der Waals surface area contributed by atoms with Crippen LogP contribution in [0, 0.1) is 0 Å². The van der Waals surface area contributed by atoms with Crippen LogP contribution in [0.5, 0.6) is 0 Å². The number of nitrogens with two attached hydrogens (primary N) is 1. The van der Waals surface area contributed by atoms with Gasteiger partial charge in [-0.15, -0.1) is 0 Å². The van der Waals surface area contributed by atoms with Gasteiger partial charge in [0.1, 0.15) is 11.5 Å². The molecule has 2 rings (SSSR count). The molecule has 0 aliphatic carbocycles. The van der Waals surface area contributed by atoms with E-state index in [4.69, 9.17) is 28.9 Å². The summed E-state index contributed by atoms with van der Waals surface area (Å²) in [4.78, 5) is 22.5. The van der Waals surface area contributed by atoms with Crippen molar-refractivity contribution in [2.75, 3.05) is 5.73 Å². The van der Waals surface area contributed by atoms with Crippen LogP contribution in [-0.2, 0) is 6.42 Å². The Balaban J connectivity index is 2.62. The van der Waals surface area contributed by atoms with E-state index in [1.807, 2.05) is 6.92 Å². The molecule has 0 aliphatic rings. The van der Waals surface area contributed by atoms with E-state index in [-0.39, 0.29) is 17.2 Å². The molecule has 0 atom stereocenters. The third-order valence-electron chi connectivity index (χ3n) is 2.43. The van der Waals surface area contributed by atoms with Crippen molar-refractivity contribution in [2.24, 2.45) is 0 Å². The van der Waals surface area contributed by atoms with Gasteiger partial charge in [0.25, 0.3) is 5.56 Å². The molecule has 0 amide bonds. The molecule has 7 heteroatoms. The molecule has 2 aromatic rings. The molecule has 5 nitrogen and oxygen atoms in total. The van der Waals surface area contributed by atoms with Gasteiger partial charge in [-0.05, 0) is 12.5 Å². The van der Waals surface area contributed by atoms with Crippen LogP contribution < -0.4 is 11.3 Å². The highest BCUT2D eigenvalue weighted by Gasteiger charge is 2.12. The number of halogens is 2. The molecule has 0 saturated heterocycles. The number of aromatic amines is 1. The predicted octanol–water partition coefficient (Wildman–Crippen LogP) is 2.28.